The number of rotatable bonds is 3. The van der Waals surface area contributed by atoms with Gasteiger partial charge in [-0.2, -0.15) is 4.98 Å². The highest BCUT2D eigenvalue weighted by molar-refractivity contribution is 5.74. The van der Waals surface area contributed by atoms with Gasteiger partial charge in [0.15, 0.2) is 5.65 Å². The fraction of sp³-hybridized carbons (Fsp3) is 0.312. The molecule has 0 atom stereocenters. The van der Waals surface area contributed by atoms with E-state index in [1.165, 1.54) is 4.68 Å². The third-order valence-electron chi connectivity index (χ3n) is 3.37. The molecule has 2 aromatic heterocycles. The lowest BCUT2D eigenvalue weighted by Crippen LogP contribution is -2.14. The average Bonchev–Trinajstić information content (AvgIpc) is 2.80. The Hall–Kier alpha value is -2.83. The molecule has 1 aromatic carbocycles. The Balaban J connectivity index is 2.18. The van der Waals surface area contributed by atoms with E-state index in [9.17, 15) is 9.90 Å². The van der Waals surface area contributed by atoms with Crippen LogP contribution in [0.5, 0.6) is 11.8 Å². The van der Waals surface area contributed by atoms with Crippen molar-refractivity contribution in [3.63, 3.8) is 0 Å². The number of H-pyrrole nitrogens is 1. The molecule has 0 aliphatic heterocycles. The molecule has 0 aliphatic carbocycles. The van der Waals surface area contributed by atoms with E-state index in [1.807, 2.05) is 33.8 Å². The molecule has 0 aliphatic rings. The van der Waals surface area contributed by atoms with Crippen molar-refractivity contribution in [1.29, 1.82) is 0 Å². The van der Waals surface area contributed by atoms with Gasteiger partial charge in [0, 0.05) is 6.20 Å². The van der Waals surface area contributed by atoms with E-state index in [1.54, 1.807) is 12.3 Å². The van der Waals surface area contributed by atoms with Gasteiger partial charge in [0.1, 0.15) is 16.8 Å². The van der Waals surface area contributed by atoms with Crippen molar-refractivity contribution in [2.75, 3.05) is 0 Å². The number of ether oxygens (including phenoxy) is 1. The van der Waals surface area contributed by atoms with Crippen molar-refractivity contribution in [2.24, 2.45) is 0 Å². The summed E-state index contributed by atoms with van der Waals surface area (Å²) in [6.45, 7) is 7.46. The second-order valence-corrected chi connectivity index (χ2v) is 5.80. The van der Waals surface area contributed by atoms with Gasteiger partial charge in [-0.15, -0.1) is 5.10 Å². The number of nitrogens with one attached hydrogen (secondary N) is 1. The van der Waals surface area contributed by atoms with Crippen LogP contribution in [0.2, 0.25) is 0 Å². The first-order valence-corrected chi connectivity index (χ1v) is 7.32. The number of aryl methyl sites for hydroxylation is 2. The average molecular weight is 314 g/mol. The molecule has 0 unspecified atom stereocenters. The maximum Gasteiger partial charge on any atom is 0.298 e. The maximum atomic E-state index is 12.2. The first-order valence-electron chi connectivity index (χ1n) is 7.32. The molecule has 0 amide bonds. The summed E-state index contributed by atoms with van der Waals surface area (Å²) in [4.78, 5) is 18.9. The van der Waals surface area contributed by atoms with Gasteiger partial charge in [0.05, 0.1) is 6.10 Å². The molecule has 120 valence electrons. The molecule has 0 bridgehead atoms. The van der Waals surface area contributed by atoms with E-state index in [0.717, 1.165) is 11.1 Å². The Bertz CT molecular complexity index is 917. The number of nitrogens with zero attached hydrogens (tertiary/aromatic N) is 3. The standard InChI is InChI=1S/C16H18N4O3/c1-8(2)23-16-17-14-11(15(22)18-16)7-20(19-14)13-10(4)5-9(3)6-12(13)21/h5-8,21H,1-4H3,(H,17,18,19,22). The minimum atomic E-state index is -0.332. The number of aromatic amines is 1. The van der Waals surface area contributed by atoms with Gasteiger partial charge >= 0.3 is 0 Å². The van der Waals surface area contributed by atoms with Crippen LogP contribution in [0, 0.1) is 13.8 Å². The largest absolute Gasteiger partial charge is 0.506 e. The number of hydrogen-bond acceptors (Lipinski definition) is 5. The van der Waals surface area contributed by atoms with Gasteiger partial charge in [-0.3, -0.25) is 9.78 Å². The summed E-state index contributed by atoms with van der Waals surface area (Å²) in [6.07, 6.45) is 1.44. The predicted molar refractivity (Wildman–Crippen MR) is 86.4 cm³/mol. The smallest absolute Gasteiger partial charge is 0.298 e. The highest BCUT2D eigenvalue weighted by Gasteiger charge is 2.15. The van der Waals surface area contributed by atoms with E-state index in [4.69, 9.17) is 4.74 Å². The van der Waals surface area contributed by atoms with Crippen LogP contribution in [-0.4, -0.2) is 31.0 Å². The van der Waals surface area contributed by atoms with Crippen molar-refractivity contribution < 1.29 is 9.84 Å². The molecule has 0 spiro atoms. The molecule has 0 radical (unpaired) electrons. The second kappa shape index (κ2) is 5.42. The molecule has 0 fully saturated rings. The zero-order chi connectivity index (χ0) is 16.7. The van der Waals surface area contributed by atoms with E-state index in [2.05, 4.69) is 15.1 Å². The van der Waals surface area contributed by atoms with Crippen molar-refractivity contribution in [3.8, 4) is 17.4 Å². The Labute approximate surface area is 132 Å². The zero-order valence-corrected chi connectivity index (χ0v) is 13.4. The number of hydrogen-bond donors (Lipinski definition) is 2. The van der Waals surface area contributed by atoms with E-state index in [-0.39, 0.29) is 29.1 Å². The molecule has 0 saturated heterocycles. The SMILES string of the molecule is Cc1cc(C)c(-n2cc3c(=O)[nH]c(OC(C)C)nc3n2)c(O)c1. The summed E-state index contributed by atoms with van der Waals surface area (Å²) >= 11 is 0. The lowest BCUT2D eigenvalue weighted by molar-refractivity contribution is 0.222. The Kier molecular flexibility index (Phi) is 3.55. The van der Waals surface area contributed by atoms with Gasteiger partial charge in [0.2, 0.25) is 0 Å². The number of fused-ring (bicyclic) bond motifs is 1. The lowest BCUT2D eigenvalue weighted by atomic mass is 10.1. The summed E-state index contributed by atoms with van der Waals surface area (Å²) in [5.41, 5.74) is 2.26. The van der Waals surface area contributed by atoms with E-state index < -0.39 is 0 Å². The normalized spacial score (nSPS) is 11.3. The third kappa shape index (κ3) is 2.77. The molecule has 2 heterocycles. The third-order valence-corrected chi connectivity index (χ3v) is 3.37. The summed E-state index contributed by atoms with van der Waals surface area (Å²) in [5.74, 6) is 0.102. The molecule has 3 rings (SSSR count). The summed E-state index contributed by atoms with van der Waals surface area (Å²) < 4.78 is 6.88. The topological polar surface area (TPSA) is 93.0 Å². The van der Waals surface area contributed by atoms with Crippen molar-refractivity contribution in [1.82, 2.24) is 19.7 Å². The lowest BCUT2D eigenvalue weighted by Gasteiger charge is -2.09. The predicted octanol–water partition coefficient (Wildman–Crippen LogP) is 2.22. The Morgan fingerprint density at radius 2 is 2.04 bits per heavy atom. The highest BCUT2D eigenvalue weighted by atomic mass is 16.5. The van der Waals surface area contributed by atoms with Gasteiger partial charge in [-0.25, -0.2) is 4.68 Å². The van der Waals surface area contributed by atoms with Crippen LogP contribution < -0.4 is 10.3 Å². The van der Waals surface area contributed by atoms with Crippen LogP contribution in [0.25, 0.3) is 16.7 Å². The molecule has 7 heteroatoms. The van der Waals surface area contributed by atoms with Crippen LogP contribution in [0.3, 0.4) is 0 Å². The van der Waals surface area contributed by atoms with Crippen LogP contribution in [0.4, 0.5) is 0 Å². The van der Waals surface area contributed by atoms with Gasteiger partial charge < -0.3 is 9.84 Å². The highest BCUT2D eigenvalue weighted by Crippen LogP contribution is 2.27. The molecular weight excluding hydrogens is 296 g/mol. The Morgan fingerprint density at radius 1 is 1.30 bits per heavy atom. The van der Waals surface area contributed by atoms with E-state index in [0.29, 0.717) is 11.1 Å². The first-order chi connectivity index (χ1) is 10.8. The number of aromatic hydroxyl groups is 1. The minimum Gasteiger partial charge on any atom is -0.506 e. The molecule has 0 saturated carbocycles. The Morgan fingerprint density at radius 3 is 2.70 bits per heavy atom. The van der Waals surface area contributed by atoms with Crippen LogP contribution in [-0.2, 0) is 0 Å². The van der Waals surface area contributed by atoms with Crippen LogP contribution in [0.1, 0.15) is 25.0 Å². The molecule has 2 N–H and O–H groups in total. The van der Waals surface area contributed by atoms with Gasteiger partial charge in [0.25, 0.3) is 11.6 Å². The summed E-state index contributed by atoms with van der Waals surface area (Å²) in [5, 5.41) is 14.8. The molecule has 7 nitrogen and oxygen atoms in total. The van der Waals surface area contributed by atoms with Crippen LogP contribution in [0.15, 0.2) is 23.1 Å². The monoisotopic (exact) mass is 314 g/mol. The quantitative estimate of drug-likeness (QED) is 0.773. The fourth-order valence-electron chi connectivity index (χ4n) is 2.53. The molecule has 3 aromatic rings. The first kappa shape index (κ1) is 15.1. The molecular formula is C16H18N4O3. The summed E-state index contributed by atoms with van der Waals surface area (Å²) in [7, 11) is 0. The molecule has 23 heavy (non-hydrogen) atoms. The van der Waals surface area contributed by atoms with Crippen LogP contribution >= 0.6 is 0 Å². The number of phenolic OH excluding ortho intramolecular Hbond substituents is 1. The van der Waals surface area contributed by atoms with Crippen molar-refractivity contribution in [2.45, 2.75) is 33.8 Å². The number of benzene rings is 1. The number of aromatic nitrogens is 4. The van der Waals surface area contributed by atoms with Crippen molar-refractivity contribution in [3.05, 3.63) is 39.8 Å². The fourth-order valence-corrected chi connectivity index (χ4v) is 2.53. The second-order valence-electron chi connectivity index (χ2n) is 5.80. The maximum absolute atomic E-state index is 12.2. The minimum absolute atomic E-state index is 0.102. The van der Waals surface area contributed by atoms with Gasteiger partial charge in [-0.05, 0) is 44.9 Å². The van der Waals surface area contributed by atoms with E-state index >= 15 is 0 Å². The van der Waals surface area contributed by atoms with Gasteiger partial charge in [-0.1, -0.05) is 6.07 Å². The zero-order valence-electron chi connectivity index (χ0n) is 13.4. The summed E-state index contributed by atoms with van der Waals surface area (Å²) in [6, 6.07) is 3.72. The van der Waals surface area contributed by atoms with Crippen molar-refractivity contribution >= 4 is 11.0 Å². The number of phenols is 1.